The summed E-state index contributed by atoms with van der Waals surface area (Å²) in [6, 6.07) is 6.31. The Bertz CT molecular complexity index is 1290. The summed E-state index contributed by atoms with van der Waals surface area (Å²) in [5.74, 6) is 1.02. The average Bonchev–Trinajstić information content (AvgIpc) is 3.47. The highest BCUT2D eigenvalue weighted by Gasteiger charge is 2.16. The van der Waals surface area contributed by atoms with E-state index in [0.29, 0.717) is 0 Å². The van der Waals surface area contributed by atoms with Gasteiger partial charge in [0.15, 0.2) is 0 Å². The summed E-state index contributed by atoms with van der Waals surface area (Å²) in [5.41, 5.74) is 9.69. The molecule has 5 rings (SSSR count). The number of alkyl halides is 1. The smallest absolute Gasteiger partial charge is 0.118 e. The molecule has 2 aromatic heterocycles. The third-order valence-corrected chi connectivity index (χ3v) is 6.26. The second-order valence-electron chi connectivity index (χ2n) is 8.53. The molecule has 3 N–H and O–H groups in total. The van der Waals surface area contributed by atoms with Gasteiger partial charge in [0.05, 0.1) is 52.6 Å². The maximum Gasteiger partial charge on any atom is 0.118 e. The molecule has 7 heteroatoms. The number of nitrogens with one attached hydrogen (secondary N) is 3. The topological polar surface area (TPSA) is 81.8 Å². The highest BCUT2D eigenvalue weighted by atomic mass is 79.9. The van der Waals surface area contributed by atoms with Crippen molar-refractivity contribution in [3.05, 3.63) is 96.2 Å². The van der Waals surface area contributed by atoms with Crippen LogP contribution in [-0.2, 0) is 0 Å². The Morgan fingerprint density at radius 1 is 1.19 bits per heavy atom. The van der Waals surface area contributed by atoms with Crippen molar-refractivity contribution in [2.24, 2.45) is 4.99 Å². The van der Waals surface area contributed by atoms with Gasteiger partial charge >= 0.3 is 0 Å². The molecule has 0 radical (unpaired) electrons. The van der Waals surface area contributed by atoms with Crippen LogP contribution in [-0.4, -0.2) is 37.5 Å². The zero-order valence-corrected chi connectivity index (χ0v) is 23.0. The van der Waals surface area contributed by atoms with Crippen LogP contribution in [0.5, 0.6) is 0 Å². The monoisotopic (exact) mass is 546 g/mol. The number of nitrogens with zero attached hydrogens (tertiary/aromatic N) is 3. The van der Waals surface area contributed by atoms with Gasteiger partial charge in [0.2, 0.25) is 0 Å². The quantitative estimate of drug-likeness (QED) is 0.232. The van der Waals surface area contributed by atoms with Crippen molar-refractivity contribution < 1.29 is 0 Å². The van der Waals surface area contributed by atoms with Gasteiger partial charge in [-0.3, -0.25) is 4.99 Å². The molecular formula is C29H35BrN6. The molecule has 2 aliphatic rings. The summed E-state index contributed by atoms with van der Waals surface area (Å²) in [5, 5.41) is 4.53. The number of H-pyrrole nitrogens is 2. The molecule has 0 saturated carbocycles. The van der Waals surface area contributed by atoms with Crippen molar-refractivity contribution in [3.8, 4) is 0 Å². The lowest BCUT2D eigenvalue weighted by Crippen LogP contribution is -2.27. The summed E-state index contributed by atoms with van der Waals surface area (Å²) < 4.78 is 0. The normalized spacial score (nSPS) is 14.6. The van der Waals surface area contributed by atoms with Crippen molar-refractivity contribution in [1.29, 1.82) is 0 Å². The number of fused-ring (bicyclic) bond motifs is 2. The van der Waals surface area contributed by atoms with Crippen molar-refractivity contribution in [2.75, 3.05) is 11.9 Å². The minimum atomic E-state index is 0.0874. The van der Waals surface area contributed by atoms with Crippen LogP contribution in [0.4, 0.5) is 0 Å². The lowest BCUT2D eigenvalue weighted by atomic mass is 10.1. The second kappa shape index (κ2) is 13.0. The molecule has 1 unspecified atom stereocenters. The van der Waals surface area contributed by atoms with Crippen LogP contribution in [0.15, 0.2) is 78.4 Å². The van der Waals surface area contributed by atoms with Gasteiger partial charge in [0.25, 0.3) is 0 Å². The molecule has 36 heavy (non-hydrogen) atoms. The third-order valence-electron chi connectivity index (χ3n) is 5.86. The fraction of sp³-hybridized carbons (Fsp3) is 0.276. The molecular weight excluding hydrogens is 512 g/mol. The van der Waals surface area contributed by atoms with E-state index in [0.717, 1.165) is 69.9 Å². The number of aliphatic imine (C=N–C) groups is 1. The van der Waals surface area contributed by atoms with Crippen LogP contribution in [0.3, 0.4) is 0 Å². The second-order valence-corrected chi connectivity index (χ2v) is 9.32. The number of aromatic amines is 2. The summed E-state index contributed by atoms with van der Waals surface area (Å²) in [7, 11) is 0. The number of allylic oxidation sites excluding steroid dienone is 5. The number of hydrogen-bond acceptors (Lipinski definition) is 4. The third kappa shape index (κ3) is 6.61. The standard InChI is InChI=1S/C22H22N6.C5H9Br.C2H4/c1-3-16-13(2)26-21(11-23-16)15-6-9-19-20(10-15)28-22(27-19)14-4-7-17-18(8-5-14)25-12-24-17;1-5(2)3-4-6;1-2/h4-10,12,14,23H,3,11H2,1-2H3,(H,24,25)(H,27,28);1,3-4H2,2H3;1-2H2. The van der Waals surface area contributed by atoms with E-state index in [1.807, 2.05) is 13.0 Å². The summed E-state index contributed by atoms with van der Waals surface area (Å²) in [6.07, 6.45) is 12.2. The van der Waals surface area contributed by atoms with Crippen LogP contribution in [0, 0.1) is 0 Å². The first-order chi connectivity index (χ1) is 17.5. The molecule has 1 aliphatic carbocycles. The van der Waals surface area contributed by atoms with Crippen LogP contribution >= 0.6 is 15.9 Å². The van der Waals surface area contributed by atoms with Gasteiger partial charge in [-0.25, -0.2) is 9.97 Å². The molecule has 0 bridgehead atoms. The Morgan fingerprint density at radius 2 is 1.97 bits per heavy atom. The van der Waals surface area contributed by atoms with E-state index in [2.05, 4.69) is 106 Å². The first kappa shape index (κ1) is 27.1. The maximum atomic E-state index is 4.80. The minimum Gasteiger partial charge on any atom is -0.381 e. The molecule has 3 aromatic rings. The van der Waals surface area contributed by atoms with E-state index in [1.165, 1.54) is 11.3 Å². The van der Waals surface area contributed by atoms with Crippen LogP contribution in [0.1, 0.15) is 62.3 Å². The van der Waals surface area contributed by atoms with Crippen molar-refractivity contribution in [1.82, 2.24) is 25.3 Å². The summed E-state index contributed by atoms with van der Waals surface area (Å²) in [6.45, 7) is 16.7. The van der Waals surface area contributed by atoms with E-state index in [-0.39, 0.29) is 5.92 Å². The average molecular weight is 548 g/mol. The van der Waals surface area contributed by atoms with Crippen LogP contribution < -0.4 is 5.32 Å². The number of rotatable bonds is 5. The van der Waals surface area contributed by atoms with E-state index in [9.17, 15) is 0 Å². The maximum absolute atomic E-state index is 4.80. The van der Waals surface area contributed by atoms with Gasteiger partial charge in [-0.2, -0.15) is 0 Å². The molecule has 0 amide bonds. The highest BCUT2D eigenvalue weighted by Crippen LogP contribution is 2.26. The summed E-state index contributed by atoms with van der Waals surface area (Å²) in [4.78, 5) is 20.6. The number of aromatic nitrogens is 4. The van der Waals surface area contributed by atoms with Crippen LogP contribution in [0.25, 0.3) is 23.2 Å². The molecule has 0 fully saturated rings. The van der Waals surface area contributed by atoms with Gasteiger partial charge in [-0.15, -0.1) is 19.7 Å². The van der Waals surface area contributed by atoms with E-state index >= 15 is 0 Å². The predicted molar refractivity (Wildman–Crippen MR) is 158 cm³/mol. The number of hydrogen-bond donors (Lipinski definition) is 3. The Hall–Kier alpha value is -3.45. The van der Waals surface area contributed by atoms with Crippen LogP contribution in [0.2, 0.25) is 0 Å². The Balaban J connectivity index is 0.000000399. The Kier molecular flexibility index (Phi) is 9.82. The minimum absolute atomic E-state index is 0.0874. The Labute approximate surface area is 222 Å². The zero-order valence-electron chi connectivity index (χ0n) is 21.4. The number of benzene rings is 1. The van der Waals surface area contributed by atoms with Crippen molar-refractivity contribution in [3.63, 3.8) is 0 Å². The Morgan fingerprint density at radius 3 is 2.64 bits per heavy atom. The number of halogens is 1. The molecule has 1 aliphatic heterocycles. The molecule has 3 heterocycles. The van der Waals surface area contributed by atoms with Crippen molar-refractivity contribution >= 4 is 44.8 Å². The molecule has 1 atom stereocenters. The lowest BCUT2D eigenvalue weighted by molar-refractivity contribution is 0.813. The van der Waals surface area contributed by atoms with Crippen molar-refractivity contribution in [2.45, 2.75) is 39.5 Å². The highest BCUT2D eigenvalue weighted by molar-refractivity contribution is 9.09. The fourth-order valence-electron chi connectivity index (χ4n) is 3.93. The molecule has 188 valence electrons. The van der Waals surface area contributed by atoms with Gasteiger partial charge in [0.1, 0.15) is 5.82 Å². The van der Waals surface area contributed by atoms with Gasteiger partial charge in [-0.05, 0) is 56.5 Å². The fourth-order valence-corrected chi connectivity index (χ4v) is 4.60. The van der Waals surface area contributed by atoms with E-state index in [1.54, 1.807) is 6.33 Å². The molecule has 6 nitrogen and oxygen atoms in total. The number of imidazole rings is 2. The lowest BCUT2D eigenvalue weighted by Gasteiger charge is -2.18. The van der Waals surface area contributed by atoms with Gasteiger partial charge < -0.3 is 15.3 Å². The zero-order chi connectivity index (χ0) is 26.1. The van der Waals surface area contributed by atoms with E-state index < -0.39 is 0 Å². The SMILES string of the molecule is C=C.C=C(C)CCBr.CCC1=C(C)N=C(c2ccc3nc(C4C=Cc5nc[nH]c5C=C4)[nH]c3c2)CN1. The predicted octanol–water partition coefficient (Wildman–Crippen LogP) is 7.29. The summed E-state index contributed by atoms with van der Waals surface area (Å²) >= 11 is 3.29. The largest absolute Gasteiger partial charge is 0.381 e. The molecule has 1 aromatic carbocycles. The molecule has 0 spiro atoms. The molecule has 0 saturated heterocycles. The first-order valence-corrected chi connectivity index (χ1v) is 13.2. The van der Waals surface area contributed by atoms with Gasteiger partial charge in [0, 0.05) is 11.0 Å². The van der Waals surface area contributed by atoms with E-state index in [4.69, 9.17) is 9.98 Å². The first-order valence-electron chi connectivity index (χ1n) is 12.1. The van der Waals surface area contributed by atoms with Gasteiger partial charge in [-0.1, -0.05) is 46.6 Å².